The third kappa shape index (κ3) is 2.74. The maximum absolute atomic E-state index is 12.4. The number of hydrogen-bond donors (Lipinski definition) is 0. The van der Waals surface area contributed by atoms with E-state index in [1.807, 2.05) is 12.3 Å². The van der Waals surface area contributed by atoms with Crippen molar-refractivity contribution in [2.75, 3.05) is 0 Å². The van der Waals surface area contributed by atoms with Gasteiger partial charge < -0.3 is 0 Å². The van der Waals surface area contributed by atoms with Crippen molar-refractivity contribution in [3.8, 4) is 0 Å². The van der Waals surface area contributed by atoms with Gasteiger partial charge in [0.1, 0.15) is 5.65 Å². The zero-order valence-corrected chi connectivity index (χ0v) is 14.6. The third-order valence-electron chi connectivity index (χ3n) is 4.07. The molecular formula is C19H23N3O. The lowest BCUT2D eigenvalue weighted by Crippen LogP contribution is -2.22. The summed E-state index contributed by atoms with van der Waals surface area (Å²) >= 11 is 0. The first kappa shape index (κ1) is 15.7. The predicted octanol–water partition coefficient (Wildman–Crippen LogP) is 3.84. The third-order valence-corrected chi connectivity index (χ3v) is 4.07. The number of nitrogens with zero attached hydrogens (tertiary/aromatic N) is 3. The van der Waals surface area contributed by atoms with Crippen LogP contribution in [0.2, 0.25) is 0 Å². The van der Waals surface area contributed by atoms with Crippen molar-refractivity contribution in [3.63, 3.8) is 0 Å². The van der Waals surface area contributed by atoms with Crippen molar-refractivity contribution in [2.45, 2.75) is 52.4 Å². The van der Waals surface area contributed by atoms with E-state index in [1.54, 1.807) is 16.7 Å². The molecule has 23 heavy (non-hydrogen) atoms. The molecule has 0 amide bonds. The summed E-state index contributed by atoms with van der Waals surface area (Å²) in [5.74, 6) is 0. The van der Waals surface area contributed by atoms with Crippen LogP contribution in [0.5, 0.6) is 0 Å². The molecule has 4 heteroatoms. The Labute approximate surface area is 136 Å². The average Bonchev–Trinajstić information content (AvgIpc) is 2.44. The Kier molecular flexibility index (Phi) is 3.32. The van der Waals surface area contributed by atoms with Crippen molar-refractivity contribution in [2.24, 2.45) is 0 Å². The van der Waals surface area contributed by atoms with E-state index in [0.717, 1.165) is 22.2 Å². The standard InChI is InChI=1S/C19H23N3O/c1-18(2,3)14-9-12-7-8-22-16(23)10-15(19(4,5)6)21-17(22)13(12)11-20-14/h7-11H,1-6H3. The summed E-state index contributed by atoms with van der Waals surface area (Å²) in [4.78, 5) is 21.8. The molecule has 3 aromatic heterocycles. The van der Waals surface area contributed by atoms with Gasteiger partial charge in [-0.05, 0) is 17.5 Å². The Balaban J connectivity index is 2.38. The van der Waals surface area contributed by atoms with Gasteiger partial charge in [0.2, 0.25) is 0 Å². The number of aromatic nitrogens is 3. The summed E-state index contributed by atoms with van der Waals surface area (Å²) in [5, 5.41) is 1.96. The quantitative estimate of drug-likeness (QED) is 0.593. The first-order valence-corrected chi connectivity index (χ1v) is 7.90. The Morgan fingerprint density at radius 3 is 2.22 bits per heavy atom. The lowest BCUT2D eigenvalue weighted by molar-refractivity contribution is 0.567. The van der Waals surface area contributed by atoms with Crippen LogP contribution >= 0.6 is 0 Å². The maximum atomic E-state index is 12.4. The Morgan fingerprint density at radius 2 is 1.61 bits per heavy atom. The zero-order valence-electron chi connectivity index (χ0n) is 14.6. The number of fused-ring (bicyclic) bond motifs is 3. The SMILES string of the molecule is CC(C)(C)c1cc2ccn3c(=O)cc(C(C)(C)C)nc3c2cn1. The van der Waals surface area contributed by atoms with E-state index in [9.17, 15) is 4.79 Å². The molecule has 0 bridgehead atoms. The summed E-state index contributed by atoms with van der Waals surface area (Å²) in [7, 11) is 0. The Bertz CT molecular complexity index is 956. The molecule has 0 atom stereocenters. The average molecular weight is 309 g/mol. The molecule has 0 N–H and O–H groups in total. The second-order valence-electron chi connectivity index (χ2n) is 8.15. The van der Waals surface area contributed by atoms with Gasteiger partial charge in [-0.1, -0.05) is 41.5 Å². The van der Waals surface area contributed by atoms with E-state index in [1.165, 1.54) is 0 Å². The smallest absolute Gasteiger partial charge is 0.258 e. The fraction of sp³-hybridized carbons (Fsp3) is 0.421. The number of pyridine rings is 2. The van der Waals surface area contributed by atoms with E-state index in [4.69, 9.17) is 4.98 Å². The van der Waals surface area contributed by atoms with Crippen LogP contribution in [0, 0.1) is 0 Å². The fourth-order valence-electron chi connectivity index (χ4n) is 2.57. The van der Waals surface area contributed by atoms with E-state index >= 15 is 0 Å². The lowest BCUT2D eigenvalue weighted by atomic mass is 9.90. The van der Waals surface area contributed by atoms with Gasteiger partial charge >= 0.3 is 0 Å². The minimum absolute atomic E-state index is 0.0132. The highest BCUT2D eigenvalue weighted by Crippen LogP contribution is 2.26. The molecule has 3 rings (SSSR count). The molecule has 0 radical (unpaired) electrons. The molecule has 0 spiro atoms. The van der Waals surface area contributed by atoms with Crippen LogP contribution < -0.4 is 5.56 Å². The second-order valence-corrected chi connectivity index (χ2v) is 8.15. The summed E-state index contributed by atoms with van der Waals surface area (Å²) in [6.45, 7) is 12.6. The van der Waals surface area contributed by atoms with Crippen LogP contribution in [0.15, 0.2) is 35.4 Å². The van der Waals surface area contributed by atoms with Crippen LogP contribution in [0.3, 0.4) is 0 Å². The molecule has 0 fully saturated rings. The van der Waals surface area contributed by atoms with E-state index in [2.05, 4.69) is 52.6 Å². The summed E-state index contributed by atoms with van der Waals surface area (Å²) in [6, 6.07) is 5.67. The topological polar surface area (TPSA) is 47.3 Å². The van der Waals surface area contributed by atoms with Crippen LogP contribution in [0.4, 0.5) is 0 Å². The monoisotopic (exact) mass is 309 g/mol. The molecule has 120 valence electrons. The first-order chi connectivity index (χ1) is 10.6. The summed E-state index contributed by atoms with van der Waals surface area (Å²) in [6.07, 6.45) is 3.63. The molecule has 4 nitrogen and oxygen atoms in total. The van der Waals surface area contributed by atoms with Gasteiger partial charge in [-0.2, -0.15) is 0 Å². The second kappa shape index (κ2) is 4.88. The maximum Gasteiger partial charge on any atom is 0.258 e. The molecule has 0 aliphatic rings. The van der Waals surface area contributed by atoms with Gasteiger partial charge in [-0.25, -0.2) is 4.98 Å². The highest BCUT2D eigenvalue weighted by Gasteiger charge is 2.19. The van der Waals surface area contributed by atoms with Crippen LogP contribution in [-0.2, 0) is 10.8 Å². The Hall–Kier alpha value is -2.23. The molecule has 0 aromatic carbocycles. The molecule has 0 unspecified atom stereocenters. The van der Waals surface area contributed by atoms with Gasteiger partial charge in [0, 0.05) is 40.4 Å². The largest absolute Gasteiger partial charge is 0.269 e. The highest BCUT2D eigenvalue weighted by molar-refractivity contribution is 5.93. The van der Waals surface area contributed by atoms with Gasteiger partial charge in [0.05, 0.1) is 5.69 Å². The predicted molar refractivity (Wildman–Crippen MR) is 94.2 cm³/mol. The zero-order chi connectivity index (χ0) is 17.0. The van der Waals surface area contributed by atoms with Crippen molar-refractivity contribution in [3.05, 3.63) is 52.3 Å². The van der Waals surface area contributed by atoms with Gasteiger partial charge in [0.25, 0.3) is 5.56 Å². The summed E-state index contributed by atoms with van der Waals surface area (Å²) < 4.78 is 1.59. The van der Waals surface area contributed by atoms with Gasteiger partial charge in [0.15, 0.2) is 0 Å². The normalized spacial score (nSPS) is 13.0. The molecule has 3 heterocycles. The molecule has 0 aliphatic heterocycles. The molecular weight excluding hydrogens is 286 g/mol. The molecule has 0 saturated heterocycles. The van der Waals surface area contributed by atoms with Crippen LogP contribution in [-0.4, -0.2) is 14.4 Å². The highest BCUT2D eigenvalue weighted by atomic mass is 16.1. The van der Waals surface area contributed by atoms with Gasteiger partial charge in [-0.3, -0.25) is 14.2 Å². The van der Waals surface area contributed by atoms with E-state index in [-0.39, 0.29) is 16.4 Å². The fourth-order valence-corrected chi connectivity index (χ4v) is 2.57. The minimum atomic E-state index is -0.172. The van der Waals surface area contributed by atoms with Crippen molar-refractivity contribution in [1.29, 1.82) is 0 Å². The minimum Gasteiger partial charge on any atom is -0.269 e. The molecule has 3 aromatic rings. The lowest BCUT2D eigenvalue weighted by Gasteiger charge is -2.19. The van der Waals surface area contributed by atoms with Crippen molar-refractivity contribution < 1.29 is 0 Å². The first-order valence-electron chi connectivity index (χ1n) is 7.90. The van der Waals surface area contributed by atoms with Gasteiger partial charge in [-0.15, -0.1) is 0 Å². The van der Waals surface area contributed by atoms with Crippen molar-refractivity contribution in [1.82, 2.24) is 14.4 Å². The Morgan fingerprint density at radius 1 is 0.957 bits per heavy atom. The number of hydrogen-bond acceptors (Lipinski definition) is 3. The van der Waals surface area contributed by atoms with E-state index < -0.39 is 0 Å². The van der Waals surface area contributed by atoms with Crippen LogP contribution in [0.1, 0.15) is 52.9 Å². The van der Waals surface area contributed by atoms with Crippen molar-refractivity contribution >= 4 is 16.4 Å². The van der Waals surface area contributed by atoms with Crippen LogP contribution in [0.25, 0.3) is 16.4 Å². The number of rotatable bonds is 0. The molecule has 0 aliphatic carbocycles. The summed E-state index contributed by atoms with van der Waals surface area (Å²) in [5.41, 5.74) is 2.27. The molecule has 0 saturated carbocycles. The van der Waals surface area contributed by atoms with E-state index in [0.29, 0.717) is 5.65 Å².